The first-order chi connectivity index (χ1) is 5.33. The molecule has 1 aromatic heterocycles. The lowest BCUT2D eigenvalue weighted by molar-refractivity contribution is -0.134. The van der Waals surface area contributed by atoms with Gasteiger partial charge >= 0.3 is 5.97 Å². The number of hydrogen-bond acceptors (Lipinski definition) is 3. The van der Waals surface area contributed by atoms with Crippen molar-refractivity contribution in [2.24, 2.45) is 0 Å². The van der Waals surface area contributed by atoms with E-state index in [2.05, 4.69) is 9.27 Å². The second kappa shape index (κ2) is 3.98. The zero-order valence-corrected chi connectivity index (χ0v) is 6.49. The van der Waals surface area contributed by atoms with Crippen LogP contribution < -0.4 is 0 Å². The van der Waals surface area contributed by atoms with Gasteiger partial charge in [-0.3, -0.25) is 4.79 Å². The molecule has 0 aliphatic carbocycles. The van der Waals surface area contributed by atoms with Gasteiger partial charge in [-0.1, -0.05) is 0 Å². The highest BCUT2D eigenvalue weighted by atomic mass is 35.5. The standard InChI is InChI=1S/C6H7ClN2O2/c7-11-6(10)1-3-9-4-2-8-5-9/h2,4-5H,1,3H2. The fraction of sp³-hybridized carbons (Fsp3) is 0.333. The molecule has 0 unspecified atom stereocenters. The normalized spacial score (nSPS) is 9.55. The van der Waals surface area contributed by atoms with Gasteiger partial charge in [0.25, 0.3) is 0 Å². The summed E-state index contributed by atoms with van der Waals surface area (Å²) in [7, 11) is 0. The lowest BCUT2D eigenvalue weighted by atomic mass is 10.4. The quantitative estimate of drug-likeness (QED) is 0.686. The maximum Gasteiger partial charge on any atom is 0.326 e. The number of nitrogens with zero attached hydrogens (tertiary/aromatic N) is 2. The van der Waals surface area contributed by atoms with Gasteiger partial charge < -0.3 is 8.86 Å². The summed E-state index contributed by atoms with van der Waals surface area (Å²) in [6.45, 7) is 0.547. The fourth-order valence-corrected chi connectivity index (χ4v) is 0.755. The molecule has 1 aromatic rings. The molecule has 0 N–H and O–H groups in total. The van der Waals surface area contributed by atoms with E-state index in [0.717, 1.165) is 0 Å². The van der Waals surface area contributed by atoms with Crippen LogP contribution in [-0.4, -0.2) is 15.5 Å². The van der Waals surface area contributed by atoms with E-state index in [1.165, 1.54) is 0 Å². The van der Waals surface area contributed by atoms with Crippen molar-refractivity contribution in [3.05, 3.63) is 18.7 Å². The zero-order valence-electron chi connectivity index (χ0n) is 5.74. The van der Waals surface area contributed by atoms with E-state index in [9.17, 15) is 4.79 Å². The number of halogens is 1. The Labute approximate surface area is 68.9 Å². The van der Waals surface area contributed by atoms with Crippen LogP contribution in [0.25, 0.3) is 0 Å². The molecule has 4 nitrogen and oxygen atoms in total. The molecule has 0 radical (unpaired) electrons. The SMILES string of the molecule is O=C(CCn1ccnc1)OCl. The summed E-state index contributed by atoms with van der Waals surface area (Å²) >= 11 is 4.82. The van der Waals surface area contributed by atoms with Crippen LogP contribution in [0.2, 0.25) is 0 Å². The van der Waals surface area contributed by atoms with Gasteiger partial charge in [0.15, 0.2) is 0 Å². The Kier molecular flexibility index (Phi) is 2.92. The van der Waals surface area contributed by atoms with Gasteiger partial charge in [0.05, 0.1) is 12.7 Å². The van der Waals surface area contributed by atoms with Crippen molar-refractivity contribution in [1.82, 2.24) is 9.55 Å². The summed E-state index contributed by atoms with van der Waals surface area (Å²) in [5.41, 5.74) is 0. The summed E-state index contributed by atoms with van der Waals surface area (Å²) in [5.74, 6) is -0.430. The highest BCUT2D eigenvalue weighted by Gasteiger charge is 2.00. The highest BCUT2D eigenvalue weighted by molar-refractivity contribution is 6.13. The molecule has 0 aliphatic rings. The van der Waals surface area contributed by atoms with Crippen molar-refractivity contribution in [3.63, 3.8) is 0 Å². The molecule has 0 amide bonds. The third-order valence-electron chi connectivity index (χ3n) is 1.22. The summed E-state index contributed by atoms with van der Waals surface area (Å²) < 4.78 is 5.72. The van der Waals surface area contributed by atoms with Gasteiger partial charge in [0, 0.05) is 18.9 Å². The van der Waals surface area contributed by atoms with Crippen LogP contribution in [0.15, 0.2) is 18.7 Å². The number of imidazole rings is 1. The molecule has 0 spiro atoms. The lowest BCUT2D eigenvalue weighted by Crippen LogP contribution is -2.03. The van der Waals surface area contributed by atoms with Crippen LogP contribution in [-0.2, 0) is 15.6 Å². The summed E-state index contributed by atoms with van der Waals surface area (Å²) in [6.07, 6.45) is 5.30. The molecule has 5 heteroatoms. The minimum absolute atomic E-state index is 0.264. The van der Waals surface area contributed by atoms with E-state index in [-0.39, 0.29) is 6.42 Å². The Balaban J connectivity index is 2.29. The van der Waals surface area contributed by atoms with E-state index < -0.39 is 5.97 Å². The van der Waals surface area contributed by atoms with E-state index >= 15 is 0 Å². The summed E-state index contributed by atoms with van der Waals surface area (Å²) in [4.78, 5) is 14.3. The van der Waals surface area contributed by atoms with Crippen molar-refractivity contribution < 1.29 is 9.08 Å². The van der Waals surface area contributed by atoms with E-state index in [0.29, 0.717) is 6.54 Å². The molecule has 0 saturated carbocycles. The van der Waals surface area contributed by atoms with E-state index in [4.69, 9.17) is 11.9 Å². The van der Waals surface area contributed by atoms with Gasteiger partial charge in [-0.2, -0.15) is 0 Å². The maximum absolute atomic E-state index is 10.5. The maximum atomic E-state index is 10.5. The van der Waals surface area contributed by atoms with E-state index in [1.807, 2.05) is 0 Å². The molecular weight excluding hydrogens is 168 g/mol. The molecule has 60 valence electrons. The Hall–Kier alpha value is -1.03. The molecule has 11 heavy (non-hydrogen) atoms. The largest absolute Gasteiger partial charge is 0.348 e. The minimum atomic E-state index is -0.430. The number of rotatable bonds is 3. The minimum Gasteiger partial charge on any atom is -0.348 e. The highest BCUT2D eigenvalue weighted by Crippen LogP contribution is 1.94. The van der Waals surface area contributed by atoms with Gasteiger partial charge in [0.1, 0.15) is 11.9 Å². The predicted octanol–water partition coefficient (Wildman–Crippen LogP) is 0.970. The third kappa shape index (κ3) is 2.59. The Morgan fingerprint density at radius 1 is 1.73 bits per heavy atom. The first kappa shape index (κ1) is 8.07. The summed E-state index contributed by atoms with van der Waals surface area (Å²) in [5, 5.41) is 0. The third-order valence-corrected chi connectivity index (χ3v) is 1.39. The molecule has 0 atom stereocenters. The van der Waals surface area contributed by atoms with Crippen molar-refractivity contribution in [2.75, 3.05) is 0 Å². The predicted molar refractivity (Wildman–Crippen MR) is 38.8 cm³/mol. The van der Waals surface area contributed by atoms with Crippen LogP contribution >= 0.6 is 11.9 Å². The number of aromatic nitrogens is 2. The number of aryl methyl sites for hydroxylation is 1. The van der Waals surface area contributed by atoms with Gasteiger partial charge in [0.2, 0.25) is 0 Å². The average Bonchev–Trinajstić information content (AvgIpc) is 2.52. The second-order valence-corrected chi connectivity index (χ2v) is 2.15. The molecule has 1 heterocycles. The molecule has 0 saturated heterocycles. The van der Waals surface area contributed by atoms with Gasteiger partial charge in [-0.15, -0.1) is 0 Å². The zero-order chi connectivity index (χ0) is 8.10. The van der Waals surface area contributed by atoms with Crippen LogP contribution in [0.3, 0.4) is 0 Å². The Morgan fingerprint density at radius 3 is 3.09 bits per heavy atom. The number of carbonyl (C=O) groups is 1. The van der Waals surface area contributed by atoms with Crippen molar-refractivity contribution in [3.8, 4) is 0 Å². The molecule has 0 fully saturated rings. The van der Waals surface area contributed by atoms with Crippen LogP contribution in [0.5, 0.6) is 0 Å². The monoisotopic (exact) mass is 174 g/mol. The first-order valence-corrected chi connectivity index (χ1v) is 3.41. The smallest absolute Gasteiger partial charge is 0.326 e. The average molecular weight is 175 g/mol. The summed E-state index contributed by atoms with van der Waals surface area (Å²) in [6, 6.07) is 0. The fourth-order valence-electron chi connectivity index (χ4n) is 0.678. The molecule has 1 rings (SSSR count). The molecule has 0 aliphatic heterocycles. The van der Waals surface area contributed by atoms with Crippen LogP contribution in [0.4, 0.5) is 0 Å². The molecular formula is C6H7ClN2O2. The topological polar surface area (TPSA) is 44.1 Å². The van der Waals surface area contributed by atoms with Crippen molar-refractivity contribution >= 4 is 17.8 Å². The van der Waals surface area contributed by atoms with Crippen molar-refractivity contribution in [1.29, 1.82) is 0 Å². The van der Waals surface area contributed by atoms with E-state index in [1.54, 1.807) is 23.3 Å². The first-order valence-electron chi connectivity index (χ1n) is 3.10. The number of carbonyl (C=O) groups excluding carboxylic acids is 1. The Morgan fingerprint density at radius 2 is 2.55 bits per heavy atom. The number of hydrogen-bond donors (Lipinski definition) is 0. The van der Waals surface area contributed by atoms with Crippen LogP contribution in [0.1, 0.15) is 6.42 Å². The Bertz CT molecular complexity index is 222. The van der Waals surface area contributed by atoms with Gasteiger partial charge in [-0.05, 0) is 0 Å². The van der Waals surface area contributed by atoms with Crippen molar-refractivity contribution in [2.45, 2.75) is 13.0 Å². The lowest BCUT2D eigenvalue weighted by Gasteiger charge is -1.97. The molecule has 0 aromatic carbocycles. The molecule has 0 bridgehead atoms. The van der Waals surface area contributed by atoms with Crippen LogP contribution in [0, 0.1) is 0 Å². The second-order valence-electron chi connectivity index (χ2n) is 2.00. The van der Waals surface area contributed by atoms with Gasteiger partial charge in [-0.25, -0.2) is 4.98 Å².